The third-order valence-electron chi connectivity index (χ3n) is 17.9. The fraction of sp³-hybridized carbons (Fsp3) is 0.500. The van der Waals surface area contributed by atoms with Gasteiger partial charge in [0.05, 0.1) is 58.1 Å². The van der Waals surface area contributed by atoms with Gasteiger partial charge >= 0.3 is 39.5 Å². The Balaban J connectivity index is 0.664. The zero-order valence-corrected chi connectivity index (χ0v) is 59.6. The molecule has 5 aliphatic heterocycles. The maximum absolute atomic E-state index is 14.5. The van der Waals surface area contributed by atoms with Gasteiger partial charge in [0.1, 0.15) is 157 Å². The van der Waals surface area contributed by atoms with Crippen molar-refractivity contribution in [3.8, 4) is 0 Å². The van der Waals surface area contributed by atoms with Gasteiger partial charge in [-0.15, -0.1) is 9.42 Å². The number of aliphatic hydroxyl groups excluding tert-OH is 6. The van der Waals surface area contributed by atoms with Crippen LogP contribution >= 0.6 is 39.5 Å². The van der Waals surface area contributed by atoms with E-state index in [-0.39, 0.29) is 84.9 Å². The summed E-state index contributed by atoms with van der Waals surface area (Å²) in [5, 5.41) is 69.8. The first-order valence-corrected chi connectivity index (χ1v) is 38.9. The molecule has 110 heavy (non-hydrogen) atoms. The predicted octanol–water partition coefficient (Wildman–Crippen LogP) is -4.58. The minimum absolute atomic E-state index is 0.00300. The Labute approximate surface area is 610 Å². The highest BCUT2D eigenvalue weighted by Gasteiger charge is 2.57. The molecule has 0 aromatic carbocycles. The molecule has 0 spiro atoms. The van der Waals surface area contributed by atoms with Crippen LogP contribution < -0.4 is 28.7 Å². The molecule has 590 valence electrons. The van der Waals surface area contributed by atoms with Crippen LogP contribution in [0.15, 0.2) is 63.3 Å². The number of anilines is 5. The molecular formula is C50H61N25O30P5+. The predicted molar refractivity (Wildman–Crippen MR) is 353 cm³/mol. The molecule has 10 aromatic rings. The number of aromatic nitrogens is 20. The van der Waals surface area contributed by atoms with Crippen molar-refractivity contribution >= 4 is 124 Å². The van der Waals surface area contributed by atoms with Gasteiger partial charge < -0.3 is 103 Å². The van der Waals surface area contributed by atoms with Crippen molar-refractivity contribution in [3.63, 3.8) is 0 Å². The largest absolute Gasteiger partial charge is 0.694 e. The van der Waals surface area contributed by atoms with Crippen molar-refractivity contribution in [2.75, 3.05) is 61.7 Å². The number of rotatable bonds is 28. The van der Waals surface area contributed by atoms with Crippen molar-refractivity contribution in [2.24, 2.45) is 0 Å². The van der Waals surface area contributed by atoms with E-state index in [2.05, 4.69) is 74.8 Å². The lowest BCUT2D eigenvalue weighted by molar-refractivity contribution is -0.0640. The second kappa shape index (κ2) is 30.0. The van der Waals surface area contributed by atoms with Crippen LogP contribution in [0.2, 0.25) is 0 Å². The Kier molecular flexibility index (Phi) is 21.0. The zero-order valence-electron chi connectivity index (χ0n) is 55.1. The number of nitrogen functional groups attached to an aromatic ring is 5. The number of hydrogen-bond donors (Lipinski definition) is 16. The summed E-state index contributed by atoms with van der Waals surface area (Å²) in [7, 11) is -26.2. The minimum atomic E-state index is -5.83. The number of hydrogen-bond acceptors (Lipinski definition) is 45. The van der Waals surface area contributed by atoms with Crippen LogP contribution in [0, 0.1) is 0 Å². The first-order chi connectivity index (χ1) is 52.3. The maximum atomic E-state index is 14.5. The van der Waals surface area contributed by atoms with Gasteiger partial charge in [0.25, 0.3) is 0 Å². The molecule has 5 saturated heterocycles. The molecule has 25 atom stereocenters. The van der Waals surface area contributed by atoms with E-state index in [4.69, 9.17) is 93.1 Å². The van der Waals surface area contributed by atoms with Crippen molar-refractivity contribution in [3.05, 3.63) is 63.3 Å². The number of ether oxygens (including phenoxy) is 5. The Morgan fingerprint density at radius 1 is 0.336 bits per heavy atom. The molecule has 0 bridgehead atoms. The molecule has 15 heterocycles. The van der Waals surface area contributed by atoms with Gasteiger partial charge in [0.2, 0.25) is 0 Å². The van der Waals surface area contributed by atoms with Gasteiger partial charge in [-0.05, 0) is 0 Å². The number of phosphoric acid groups is 4. The van der Waals surface area contributed by atoms with Gasteiger partial charge in [0.15, 0.2) is 88.5 Å². The molecule has 10 aromatic heterocycles. The van der Waals surface area contributed by atoms with E-state index in [0.29, 0.717) is 0 Å². The van der Waals surface area contributed by atoms with Gasteiger partial charge in [-0.25, -0.2) is 93.0 Å². The van der Waals surface area contributed by atoms with Crippen LogP contribution in [0.3, 0.4) is 0 Å². The lowest BCUT2D eigenvalue weighted by Gasteiger charge is -2.27. The third kappa shape index (κ3) is 14.9. The monoisotopic (exact) mass is 1650 g/mol. The summed E-state index contributed by atoms with van der Waals surface area (Å²) in [4.78, 5) is 116. The fourth-order valence-electron chi connectivity index (χ4n) is 12.8. The summed E-state index contributed by atoms with van der Waals surface area (Å²) >= 11 is 0. The van der Waals surface area contributed by atoms with Gasteiger partial charge in [-0.2, -0.15) is 0 Å². The molecule has 0 radical (unpaired) electrons. The van der Waals surface area contributed by atoms with Crippen LogP contribution in [-0.4, -0.2) is 277 Å². The number of aliphatic hydroxyl groups is 6. The molecule has 5 aliphatic rings. The van der Waals surface area contributed by atoms with Crippen molar-refractivity contribution in [2.45, 2.75) is 123 Å². The lowest BCUT2D eigenvalue weighted by Crippen LogP contribution is -2.38. The second-order valence-corrected chi connectivity index (χ2v) is 30.9. The molecule has 5 fully saturated rings. The second-order valence-electron chi connectivity index (χ2n) is 24.6. The Morgan fingerprint density at radius 2 is 0.555 bits per heavy atom. The van der Waals surface area contributed by atoms with Crippen molar-refractivity contribution in [1.29, 1.82) is 0 Å². The molecule has 60 heteroatoms. The van der Waals surface area contributed by atoms with E-state index in [0.717, 1.165) is 75.2 Å². The van der Waals surface area contributed by atoms with Crippen LogP contribution in [0.25, 0.3) is 55.8 Å². The van der Waals surface area contributed by atoms with Crippen LogP contribution in [0.4, 0.5) is 29.1 Å². The van der Waals surface area contributed by atoms with Gasteiger partial charge in [-0.3, -0.25) is 59.0 Å². The first kappa shape index (κ1) is 77.1. The Hall–Kier alpha value is -8.23. The molecule has 0 amide bonds. The van der Waals surface area contributed by atoms with E-state index in [1.54, 1.807) is 0 Å². The Bertz CT molecular complexity index is 5320. The van der Waals surface area contributed by atoms with Crippen LogP contribution in [0.1, 0.15) is 31.1 Å². The Morgan fingerprint density at radius 3 is 0.800 bits per heavy atom. The van der Waals surface area contributed by atoms with E-state index >= 15 is 0 Å². The summed E-state index contributed by atoms with van der Waals surface area (Å²) in [6.45, 7) is -5.62. The average molecular weight is 1650 g/mol. The zero-order chi connectivity index (χ0) is 77.8. The number of nitrogens with two attached hydrogens (primary N) is 5. The van der Waals surface area contributed by atoms with Crippen molar-refractivity contribution < 1.29 is 142 Å². The average Bonchev–Trinajstić information content (AvgIpc) is 1.63. The summed E-state index contributed by atoms with van der Waals surface area (Å²) in [5.74, 6) is -0.564. The molecule has 15 rings (SSSR count). The first-order valence-electron chi connectivity index (χ1n) is 31.8. The molecular weight excluding hydrogens is 1590 g/mol. The molecule has 5 unspecified atom stereocenters. The standard InChI is InChI=1S/C50H60N25O30P5/c51-36-21-41(61-6-56-36)71(11-66-21)46-27(77)26(76)16(97-46)2-93-107(84,85)103-33-18(99-48(29(33)79)73-13-68-23-38(53)58-8-63-43(23)73)4-95-109(88,89)105-35-20(101-50(31(35)81)75-15-70-25-40(55)60-10-65-45(25)75)5-96-110(90,91)104-34-19(100-49(30(34)80)74-14-69-24-39(54)59-9-64-44(24)74)3-94-108(86,87)102-32-17(1-92-106(82)83)98-47(28(32)78)72-12-67-22-37(52)57-7-62-42(22)72/h6-20,26-35,46-50,76-81H,1-5H2,(H14-,51,52,53,54,55,56,57,58,59,60,61,62,63,64,65,82,83,84,85,86,87,88,89,90,91)/p+1/t16-,17-,18-,19-,20-,26-,27-,28-,29-,30-,31-,32-,33-,34-,35-,46-,47-,48-,49-,50-/m1/s1. The summed E-state index contributed by atoms with van der Waals surface area (Å²) in [6.07, 6.45) is -27.2. The third-order valence-corrected chi connectivity index (χ3v) is 22.2. The highest BCUT2D eigenvalue weighted by Crippen LogP contribution is 2.56. The number of nitrogens with zero attached hydrogens (tertiary/aromatic N) is 20. The molecule has 21 N–H and O–H groups in total. The number of phosphoric ester groups is 4. The summed E-state index contributed by atoms with van der Waals surface area (Å²) < 4.78 is 152. The van der Waals surface area contributed by atoms with E-state index in [1.165, 1.54) is 10.9 Å². The highest BCUT2D eigenvalue weighted by molar-refractivity contribution is 7.48. The SMILES string of the molecule is Nc1ncnc2c1ncn2[C@@H]1O[C@H](COP(=O)(O)O[C@H]2[C@@H](O)[C@H](n3cnc4c(N)ncnc43)O[C@@H]2COP(=O)(O)O[C@H]2[C@@H](O)[C@H](n3cnc4c(N)ncnc43)O[C@@H]2COP(=O)(O)O[C@H]2[C@@H](O)[C@H](n3cnc4c(N)ncnc43)O[C@@H]2COP(=O)(O)O[C@H]2[C@@H](O)[C@H](n3cnc4c(N)ncnc43)O[C@@H]2CO[P+](=O)O)[C@@H](O)[C@H]1O. The normalized spacial score (nSPS) is 31.6. The topological polar surface area (TPSA) is 785 Å². The van der Waals surface area contributed by atoms with E-state index in [1.807, 2.05) is 0 Å². The van der Waals surface area contributed by atoms with E-state index < -0.39 is 195 Å². The highest BCUT2D eigenvalue weighted by atomic mass is 31.2. The van der Waals surface area contributed by atoms with E-state index in [9.17, 15) is 77.9 Å². The van der Waals surface area contributed by atoms with Gasteiger partial charge in [-0.1, -0.05) is 0 Å². The minimum Gasteiger partial charge on any atom is -0.387 e. The van der Waals surface area contributed by atoms with Crippen LogP contribution in [0.5, 0.6) is 0 Å². The smallest absolute Gasteiger partial charge is 0.387 e. The molecule has 0 aliphatic carbocycles. The quantitative estimate of drug-likeness (QED) is 0.0205. The number of imidazole rings is 5. The summed E-state index contributed by atoms with van der Waals surface area (Å²) in [6, 6.07) is 0. The summed E-state index contributed by atoms with van der Waals surface area (Å²) in [5.41, 5.74) is 29.8. The number of fused-ring (bicyclic) bond motifs is 5. The molecule has 55 nitrogen and oxygen atoms in total. The van der Waals surface area contributed by atoms with Gasteiger partial charge in [0, 0.05) is 4.57 Å². The fourth-order valence-corrected chi connectivity index (χ4v) is 16.9. The van der Waals surface area contributed by atoms with Crippen molar-refractivity contribution in [1.82, 2.24) is 97.6 Å². The van der Waals surface area contributed by atoms with Crippen LogP contribution in [-0.2, 0) is 87.2 Å². The molecule has 0 saturated carbocycles. The lowest BCUT2D eigenvalue weighted by atomic mass is 10.1. The maximum Gasteiger partial charge on any atom is 0.694 e.